The zero-order chi connectivity index (χ0) is 30.9. The second-order valence-electron chi connectivity index (χ2n) is 12.2. The molecule has 0 saturated heterocycles. The molecule has 44 heavy (non-hydrogen) atoms. The minimum atomic E-state index is -3.14. The van der Waals surface area contributed by atoms with Gasteiger partial charge in [-0.2, -0.15) is 10.2 Å². The molecule has 3 heterocycles. The van der Waals surface area contributed by atoms with Gasteiger partial charge in [-0.05, 0) is 92.4 Å². The molecule has 3 aliphatic carbocycles. The predicted molar refractivity (Wildman–Crippen MR) is 161 cm³/mol. The van der Waals surface area contributed by atoms with Gasteiger partial charge in [0, 0.05) is 38.1 Å². The summed E-state index contributed by atoms with van der Waals surface area (Å²) in [6, 6.07) is 9.64. The number of aromatic nitrogens is 5. The van der Waals surface area contributed by atoms with Crippen molar-refractivity contribution in [3.05, 3.63) is 95.2 Å². The molecule has 7 rings (SSSR count). The highest BCUT2D eigenvalue weighted by atomic mass is 32.2. The second-order valence-corrected chi connectivity index (χ2v) is 14.4. The molecule has 9 nitrogen and oxygen atoms in total. The maximum Gasteiger partial charge on any atom is 0.191 e. The highest BCUT2D eigenvalue weighted by Crippen LogP contribution is 2.52. The Hall–Kier alpha value is -4.00. The Bertz CT molecular complexity index is 1910. The quantitative estimate of drug-likeness (QED) is 0.235. The van der Waals surface area contributed by atoms with Crippen molar-refractivity contribution in [1.29, 1.82) is 0 Å². The number of carbonyl (C=O) groups is 1. The highest BCUT2D eigenvalue weighted by Gasteiger charge is 2.53. The number of aryl methyl sites for hydroxylation is 1. The molecule has 2 fully saturated rings. The Kier molecular flexibility index (Phi) is 6.72. The zero-order valence-corrected chi connectivity index (χ0v) is 25.0. The van der Waals surface area contributed by atoms with Gasteiger partial charge in [-0.1, -0.05) is 5.57 Å². The third-order valence-electron chi connectivity index (χ3n) is 9.17. The molecule has 3 aliphatic rings. The fourth-order valence-electron chi connectivity index (χ4n) is 6.64. The van der Waals surface area contributed by atoms with Crippen LogP contribution in [0.3, 0.4) is 0 Å². The first-order chi connectivity index (χ1) is 21.0. The summed E-state index contributed by atoms with van der Waals surface area (Å²) in [4.78, 5) is 18.8. The van der Waals surface area contributed by atoms with Crippen LogP contribution < -0.4 is 0 Å². The molecule has 3 aromatic heterocycles. The summed E-state index contributed by atoms with van der Waals surface area (Å²) in [7, 11) is -1.41. The van der Waals surface area contributed by atoms with Gasteiger partial charge in [0.1, 0.15) is 17.3 Å². The van der Waals surface area contributed by atoms with Gasteiger partial charge in [0.15, 0.2) is 10.8 Å². The number of rotatable bonds is 8. The van der Waals surface area contributed by atoms with Crippen molar-refractivity contribution in [1.82, 2.24) is 28.9 Å². The number of ketones is 1. The van der Waals surface area contributed by atoms with E-state index in [9.17, 15) is 22.9 Å². The summed E-state index contributed by atoms with van der Waals surface area (Å²) >= 11 is 0. The summed E-state index contributed by atoms with van der Waals surface area (Å²) in [6.07, 6.45) is 9.37. The van der Waals surface area contributed by atoms with E-state index in [1.807, 2.05) is 6.08 Å². The summed E-state index contributed by atoms with van der Waals surface area (Å²) in [6.45, 7) is 0.131. The molecule has 1 unspecified atom stereocenters. The lowest BCUT2D eigenvalue weighted by molar-refractivity contribution is 0.0673. The van der Waals surface area contributed by atoms with Gasteiger partial charge < -0.3 is 5.11 Å². The first-order valence-electron chi connectivity index (χ1n) is 14.5. The lowest BCUT2D eigenvalue weighted by atomic mass is 9.60. The second kappa shape index (κ2) is 10.3. The van der Waals surface area contributed by atoms with E-state index in [4.69, 9.17) is 0 Å². The fourth-order valence-corrected chi connectivity index (χ4v) is 8.52. The molecule has 0 aliphatic heterocycles. The number of pyridine rings is 1. The van der Waals surface area contributed by atoms with Crippen LogP contribution in [0.5, 0.6) is 0 Å². The first kappa shape index (κ1) is 28.8. The molecule has 12 heteroatoms. The Morgan fingerprint density at radius 1 is 1.18 bits per heavy atom. The number of aliphatic hydroxyl groups is 1. The topological polar surface area (TPSA) is 106 Å². The fraction of sp³-hybridized carbons (Fsp3) is 0.344. The molecule has 4 aromatic rings. The standard InChI is InChI=1S/C32H32F2N6O3S/c1-38-14-10-29(37-38)44(2,43)39(20-31(42)11-12-31)26-6-3-22-15-28-21(19-36-40(28)25-7-4-23(33)5-8-25)17-32(22,18-26)30(41)27-16-24(34)9-13-35-27/h4-5,7-10,13-16,19,26,42H,2-3,6,11-12,17-18,20H2,1H3/t26-,32-,44?/m0/s1. The van der Waals surface area contributed by atoms with E-state index < -0.39 is 32.6 Å². The Morgan fingerprint density at radius 3 is 2.64 bits per heavy atom. The minimum absolute atomic E-state index is 0.0124. The van der Waals surface area contributed by atoms with Crippen molar-refractivity contribution < 1.29 is 22.9 Å². The Morgan fingerprint density at radius 2 is 1.95 bits per heavy atom. The predicted octanol–water partition coefficient (Wildman–Crippen LogP) is 4.16. The lowest BCUT2D eigenvalue weighted by Gasteiger charge is -2.47. The molecular weight excluding hydrogens is 586 g/mol. The summed E-state index contributed by atoms with van der Waals surface area (Å²) < 4.78 is 47.5. The van der Waals surface area contributed by atoms with E-state index in [0.717, 1.165) is 22.9 Å². The molecule has 0 spiro atoms. The highest BCUT2D eigenvalue weighted by molar-refractivity contribution is 7.98. The number of nitrogens with zero attached hydrogens (tertiary/aromatic N) is 6. The van der Waals surface area contributed by atoms with E-state index in [2.05, 4.69) is 21.1 Å². The van der Waals surface area contributed by atoms with Crippen LogP contribution in [0.25, 0.3) is 11.8 Å². The van der Waals surface area contributed by atoms with Crippen LogP contribution in [0.15, 0.2) is 71.7 Å². The van der Waals surface area contributed by atoms with Gasteiger partial charge >= 0.3 is 0 Å². The molecule has 3 atom stereocenters. The number of hydrogen-bond donors (Lipinski definition) is 1. The third-order valence-corrected chi connectivity index (χ3v) is 11.2. The van der Waals surface area contributed by atoms with Gasteiger partial charge in [0.25, 0.3) is 0 Å². The van der Waals surface area contributed by atoms with Crippen molar-refractivity contribution in [2.24, 2.45) is 12.5 Å². The number of Topliss-reactive ketones (excluding diaryl/α,β-unsaturated/α-hetero) is 1. The summed E-state index contributed by atoms with van der Waals surface area (Å²) in [5.74, 6) is 2.88. The number of allylic oxidation sites excluding steroid dienone is 1. The van der Waals surface area contributed by atoms with Crippen LogP contribution in [0.4, 0.5) is 8.78 Å². The van der Waals surface area contributed by atoms with Crippen LogP contribution in [-0.2, 0) is 23.2 Å². The van der Waals surface area contributed by atoms with Crippen LogP contribution in [-0.4, -0.2) is 68.0 Å². The van der Waals surface area contributed by atoms with Gasteiger partial charge in [0.2, 0.25) is 0 Å². The summed E-state index contributed by atoms with van der Waals surface area (Å²) in [5, 5.41) is 20.3. The van der Waals surface area contributed by atoms with Gasteiger partial charge in [-0.3, -0.25) is 14.5 Å². The normalized spacial score (nSPS) is 23.4. The van der Waals surface area contributed by atoms with Crippen molar-refractivity contribution in [3.63, 3.8) is 0 Å². The number of benzene rings is 1. The van der Waals surface area contributed by atoms with E-state index in [0.29, 0.717) is 36.4 Å². The van der Waals surface area contributed by atoms with Gasteiger partial charge in [-0.15, -0.1) is 0 Å². The van der Waals surface area contributed by atoms with Crippen LogP contribution >= 0.6 is 0 Å². The monoisotopic (exact) mass is 618 g/mol. The Labute approximate surface area is 254 Å². The number of fused-ring (bicyclic) bond motifs is 2. The molecule has 2 saturated carbocycles. The van der Waals surface area contributed by atoms with Crippen molar-refractivity contribution in [2.45, 2.75) is 55.2 Å². The zero-order valence-electron chi connectivity index (χ0n) is 24.2. The average molecular weight is 619 g/mol. The molecule has 1 N–H and O–H groups in total. The first-order valence-corrected chi connectivity index (χ1v) is 16.2. The maximum absolute atomic E-state index is 14.5. The average Bonchev–Trinajstić information content (AvgIpc) is 3.35. The molecular formula is C32H32F2N6O3S. The molecule has 0 bridgehead atoms. The van der Waals surface area contributed by atoms with E-state index in [1.54, 1.807) is 51.3 Å². The number of hydrogen-bond acceptors (Lipinski definition) is 6. The summed E-state index contributed by atoms with van der Waals surface area (Å²) in [5.41, 5.74) is 1.02. The SMILES string of the molecule is C=S(=O)(c1ccn(C)n1)N(CC1(O)CC1)[C@H]1CCC2=Cc3c(cnn3-c3ccc(F)cc3)C[C@]2(C(=O)c2cc(F)ccn2)C1. The number of halogens is 2. The molecule has 1 aromatic carbocycles. The van der Waals surface area contributed by atoms with Gasteiger partial charge in [-0.25, -0.2) is 22.0 Å². The molecule has 0 radical (unpaired) electrons. The third kappa shape index (κ3) is 4.90. The largest absolute Gasteiger partial charge is 0.389 e. The van der Waals surface area contributed by atoms with Crippen LogP contribution in [0.2, 0.25) is 0 Å². The van der Waals surface area contributed by atoms with Crippen LogP contribution in [0, 0.1) is 17.0 Å². The van der Waals surface area contributed by atoms with E-state index in [1.165, 1.54) is 24.4 Å². The maximum atomic E-state index is 14.5. The van der Waals surface area contributed by atoms with Crippen molar-refractivity contribution in [3.8, 4) is 5.69 Å². The molecule has 0 amide bonds. The minimum Gasteiger partial charge on any atom is -0.389 e. The van der Waals surface area contributed by atoms with Crippen LogP contribution in [0.1, 0.15) is 53.8 Å². The Balaban J connectivity index is 1.33. The molecule has 228 valence electrons. The van der Waals surface area contributed by atoms with E-state index >= 15 is 0 Å². The van der Waals surface area contributed by atoms with Crippen molar-refractivity contribution >= 4 is 27.4 Å². The number of carbonyl (C=O) groups excluding carboxylic acids is 1. The van der Waals surface area contributed by atoms with Gasteiger partial charge in [0.05, 0.1) is 38.3 Å². The smallest absolute Gasteiger partial charge is 0.191 e. The van der Waals surface area contributed by atoms with E-state index in [-0.39, 0.29) is 36.7 Å². The van der Waals surface area contributed by atoms with Crippen molar-refractivity contribution in [2.75, 3.05) is 6.54 Å². The lowest BCUT2D eigenvalue weighted by Crippen LogP contribution is -2.52.